The van der Waals surface area contributed by atoms with Gasteiger partial charge >= 0.3 is 12.0 Å². The van der Waals surface area contributed by atoms with Gasteiger partial charge in [-0.15, -0.1) is 0 Å². The van der Waals surface area contributed by atoms with Gasteiger partial charge in [0.25, 0.3) is 0 Å². The van der Waals surface area contributed by atoms with Gasteiger partial charge in [-0.25, -0.2) is 9.59 Å². The number of hydrogen-bond donors (Lipinski definition) is 4. The number of urea groups is 1. The minimum atomic E-state index is -1.11. The van der Waals surface area contributed by atoms with Gasteiger partial charge in [0.15, 0.2) is 17.7 Å². The molecule has 1 aliphatic heterocycles. The number of esters is 1. The summed E-state index contributed by atoms with van der Waals surface area (Å²) < 4.78 is 21.9. The number of nitrogens with one attached hydrogen (secondary N) is 3. The Balaban J connectivity index is 1.67. The smallest absolute Gasteiger partial charge is 0.337 e. The number of hydrazone groups is 1. The highest BCUT2D eigenvalue weighted by Gasteiger charge is 2.32. The van der Waals surface area contributed by atoms with Gasteiger partial charge in [-0.2, -0.15) is 5.10 Å². The molecule has 0 aliphatic carbocycles. The number of aliphatic hydroxyl groups excluding tert-OH is 1. The van der Waals surface area contributed by atoms with Crippen LogP contribution in [0, 0.1) is 0 Å². The van der Waals surface area contributed by atoms with Crippen LogP contribution in [0.25, 0.3) is 0 Å². The van der Waals surface area contributed by atoms with Gasteiger partial charge in [0, 0.05) is 5.70 Å². The van der Waals surface area contributed by atoms with E-state index in [1.165, 1.54) is 7.11 Å². The molecule has 2 aromatic carbocycles. The first-order chi connectivity index (χ1) is 18.4. The second kappa shape index (κ2) is 13.7. The Labute approximate surface area is 221 Å². The zero-order chi connectivity index (χ0) is 27.5. The highest BCUT2D eigenvalue weighted by Crippen LogP contribution is 2.34. The lowest BCUT2D eigenvalue weighted by Gasteiger charge is -2.28. The number of allylic oxidation sites excluding steroid dienone is 1. The number of carbonyl (C=O) groups excluding carboxylic acids is 2. The summed E-state index contributed by atoms with van der Waals surface area (Å²) in [5.74, 6) is 0.863. The van der Waals surface area contributed by atoms with E-state index in [-0.39, 0.29) is 12.2 Å². The van der Waals surface area contributed by atoms with E-state index in [2.05, 4.69) is 27.7 Å². The lowest BCUT2D eigenvalue weighted by atomic mass is 9.95. The average molecular weight is 525 g/mol. The lowest BCUT2D eigenvalue weighted by Crippen LogP contribution is -2.45. The van der Waals surface area contributed by atoms with Crippen LogP contribution < -0.4 is 30.3 Å². The number of benzene rings is 2. The van der Waals surface area contributed by atoms with E-state index in [1.807, 2.05) is 25.1 Å². The number of carbonyl (C=O) groups is 2. The predicted molar refractivity (Wildman–Crippen MR) is 141 cm³/mol. The standard InChI is InChI=1S/C27H32N4O7/c1-5-12-37-20-9-7-8-18(13-20)15-28-31-23(32)16-38-21-11-10-19(14-22(21)36-6-2)25-24(26(33)35-4)17(3)29-27(34)30-25/h5,7-11,13-15,23,25,31-32H,1,6,12,16H2,2-4H3,(H2,29,30,34)/b28-15+/t23-,25-/m1/s1. The summed E-state index contributed by atoms with van der Waals surface area (Å²) in [6, 6.07) is 11.1. The Morgan fingerprint density at radius 2 is 2.03 bits per heavy atom. The molecule has 2 aromatic rings. The van der Waals surface area contributed by atoms with Gasteiger partial charge in [-0.1, -0.05) is 30.9 Å². The monoisotopic (exact) mass is 524 g/mol. The highest BCUT2D eigenvalue weighted by molar-refractivity contribution is 5.95. The second-order valence-corrected chi connectivity index (χ2v) is 8.09. The van der Waals surface area contributed by atoms with Gasteiger partial charge < -0.3 is 34.7 Å². The summed E-state index contributed by atoms with van der Waals surface area (Å²) >= 11 is 0. The topological polar surface area (TPSA) is 140 Å². The first-order valence-corrected chi connectivity index (χ1v) is 11.9. The summed E-state index contributed by atoms with van der Waals surface area (Å²) in [5, 5.41) is 19.6. The van der Waals surface area contributed by atoms with Crippen molar-refractivity contribution in [1.29, 1.82) is 0 Å². The zero-order valence-corrected chi connectivity index (χ0v) is 21.5. The molecular formula is C27H32N4O7. The minimum Gasteiger partial charge on any atom is -0.490 e. The Kier molecular flexibility index (Phi) is 10.1. The number of ether oxygens (including phenoxy) is 4. The number of rotatable bonds is 13. The second-order valence-electron chi connectivity index (χ2n) is 8.09. The van der Waals surface area contributed by atoms with Crippen molar-refractivity contribution in [3.8, 4) is 17.2 Å². The van der Waals surface area contributed by atoms with Crippen LogP contribution in [-0.2, 0) is 9.53 Å². The van der Waals surface area contributed by atoms with E-state index in [4.69, 9.17) is 18.9 Å². The molecule has 38 heavy (non-hydrogen) atoms. The van der Waals surface area contributed by atoms with E-state index in [0.29, 0.717) is 41.7 Å². The average Bonchev–Trinajstić information content (AvgIpc) is 2.90. The quantitative estimate of drug-likeness (QED) is 0.103. The summed E-state index contributed by atoms with van der Waals surface area (Å²) in [6.45, 7) is 7.68. The third-order valence-corrected chi connectivity index (χ3v) is 5.34. The van der Waals surface area contributed by atoms with Crippen LogP contribution >= 0.6 is 0 Å². The van der Waals surface area contributed by atoms with Crippen molar-refractivity contribution in [3.63, 3.8) is 0 Å². The predicted octanol–water partition coefficient (Wildman–Crippen LogP) is 2.77. The molecule has 1 heterocycles. The van der Waals surface area contributed by atoms with Crippen molar-refractivity contribution < 1.29 is 33.6 Å². The van der Waals surface area contributed by atoms with Crippen LogP contribution in [0.5, 0.6) is 17.2 Å². The molecule has 0 unspecified atom stereocenters. The first-order valence-electron chi connectivity index (χ1n) is 11.9. The zero-order valence-electron chi connectivity index (χ0n) is 21.5. The molecule has 3 rings (SSSR count). The minimum absolute atomic E-state index is 0.129. The fourth-order valence-electron chi connectivity index (χ4n) is 3.66. The molecule has 202 valence electrons. The summed E-state index contributed by atoms with van der Waals surface area (Å²) in [4.78, 5) is 24.5. The van der Waals surface area contributed by atoms with Crippen molar-refractivity contribution in [1.82, 2.24) is 16.1 Å². The van der Waals surface area contributed by atoms with Crippen LogP contribution in [-0.4, -0.2) is 56.5 Å². The van der Waals surface area contributed by atoms with Gasteiger partial charge in [0.2, 0.25) is 0 Å². The number of methoxy groups -OCH3 is 1. The fourth-order valence-corrected chi connectivity index (χ4v) is 3.66. The Morgan fingerprint density at radius 1 is 1.21 bits per heavy atom. The largest absolute Gasteiger partial charge is 0.490 e. The molecule has 0 aromatic heterocycles. The maximum Gasteiger partial charge on any atom is 0.337 e. The number of nitrogens with zero attached hydrogens (tertiary/aromatic N) is 1. The number of amides is 2. The molecule has 4 N–H and O–H groups in total. The molecule has 11 nitrogen and oxygen atoms in total. The third-order valence-electron chi connectivity index (χ3n) is 5.34. The molecule has 0 bridgehead atoms. The summed E-state index contributed by atoms with van der Waals surface area (Å²) in [7, 11) is 1.28. The molecule has 0 radical (unpaired) electrons. The van der Waals surface area contributed by atoms with E-state index < -0.39 is 24.3 Å². The molecule has 0 saturated carbocycles. The van der Waals surface area contributed by atoms with Crippen molar-refractivity contribution in [3.05, 3.63) is 77.5 Å². The van der Waals surface area contributed by atoms with Crippen molar-refractivity contribution >= 4 is 18.2 Å². The number of hydrogen-bond acceptors (Lipinski definition) is 9. The summed E-state index contributed by atoms with van der Waals surface area (Å²) in [5.41, 5.74) is 4.65. The molecular weight excluding hydrogens is 492 g/mol. The van der Waals surface area contributed by atoms with Crippen LogP contribution in [0.15, 0.2) is 71.5 Å². The van der Waals surface area contributed by atoms with Crippen molar-refractivity contribution in [2.75, 3.05) is 26.9 Å². The maximum absolute atomic E-state index is 12.4. The van der Waals surface area contributed by atoms with Crippen LogP contribution in [0.1, 0.15) is 31.0 Å². The molecule has 0 saturated heterocycles. The Hall–Kier alpha value is -4.51. The molecule has 0 spiro atoms. The van der Waals surface area contributed by atoms with Gasteiger partial charge in [0.1, 0.15) is 19.0 Å². The number of aliphatic hydroxyl groups is 1. The molecule has 0 fully saturated rings. The van der Waals surface area contributed by atoms with E-state index >= 15 is 0 Å². The van der Waals surface area contributed by atoms with E-state index in [9.17, 15) is 14.7 Å². The van der Waals surface area contributed by atoms with Crippen molar-refractivity contribution in [2.45, 2.75) is 26.1 Å². The molecule has 11 heteroatoms. The van der Waals surface area contributed by atoms with Gasteiger partial charge in [-0.05, 0) is 49.2 Å². The molecule has 2 atom stereocenters. The third kappa shape index (κ3) is 7.50. The Bertz CT molecular complexity index is 1210. The highest BCUT2D eigenvalue weighted by atomic mass is 16.5. The van der Waals surface area contributed by atoms with Gasteiger partial charge in [0.05, 0.1) is 31.5 Å². The van der Waals surface area contributed by atoms with Gasteiger partial charge in [-0.3, -0.25) is 5.43 Å². The fraction of sp³-hybridized carbons (Fsp3) is 0.296. The Morgan fingerprint density at radius 3 is 2.76 bits per heavy atom. The SMILES string of the molecule is C=CCOc1cccc(/C=N/N[C@H](O)COc2ccc([C@H]3NC(=O)NC(C)=C3C(=O)OC)cc2OCC)c1. The van der Waals surface area contributed by atoms with Crippen LogP contribution in [0.3, 0.4) is 0 Å². The summed E-state index contributed by atoms with van der Waals surface area (Å²) in [6.07, 6.45) is 2.10. The van der Waals surface area contributed by atoms with Crippen molar-refractivity contribution in [2.24, 2.45) is 5.10 Å². The van der Waals surface area contributed by atoms with E-state index in [0.717, 1.165) is 5.56 Å². The lowest BCUT2D eigenvalue weighted by molar-refractivity contribution is -0.136. The maximum atomic E-state index is 12.4. The van der Waals surface area contributed by atoms with Crippen LogP contribution in [0.4, 0.5) is 4.79 Å². The van der Waals surface area contributed by atoms with E-state index in [1.54, 1.807) is 43.5 Å². The molecule has 1 aliphatic rings. The first kappa shape index (κ1) is 28.1. The molecule has 2 amide bonds. The van der Waals surface area contributed by atoms with Crippen LogP contribution in [0.2, 0.25) is 0 Å². The normalized spacial score (nSPS) is 15.8.